The van der Waals surface area contributed by atoms with Crippen LogP contribution in [0.5, 0.6) is 5.75 Å². The molecule has 1 atom stereocenters. The summed E-state index contributed by atoms with van der Waals surface area (Å²) in [5, 5.41) is 4.96. The summed E-state index contributed by atoms with van der Waals surface area (Å²) >= 11 is 7.24. The Morgan fingerprint density at radius 1 is 0.933 bits per heavy atom. The van der Waals surface area contributed by atoms with Crippen molar-refractivity contribution >= 4 is 36.5 Å². The van der Waals surface area contributed by atoms with E-state index in [-0.39, 0.29) is 21.7 Å². The molecular formula is C42H57ClOSi. The van der Waals surface area contributed by atoms with Crippen LogP contribution in [0, 0.1) is 10.8 Å². The van der Waals surface area contributed by atoms with Gasteiger partial charge in [-0.15, -0.1) is 0 Å². The van der Waals surface area contributed by atoms with Crippen LogP contribution >= 0.6 is 11.6 Å². The number of halogens is 1. The van der Waals surface area contributed by atoms with Crippen molar-refractivity contribution in [1.82, 2.24) is 0 Å². The Hall–Kier alpha value is -2.29. The first-order chi connectivity index (χ1) is 20.8. The zero-order valence-corrected chi connectivity index (χ0v) is 32.0. The molecule has 0 aromatic heterocycles. The molecule has 242 valence electrons. The van der Waals surface area contributed by atoms with Crippen molar-refractivity contribution in [3.8, 4) is 5.75 Å². The first kappa shape index (κ1) is 34.1. The number of ether oxygens (including phenoxy) is 1. The fourth-order valence-corrected chi connectivity index (χ4v) is 14.0. The largest absolute Gasteiger partial charge is 0.488 e. The lowest BCUT2D eigenvalue weighted by atomic mass is 9.72. The maximum atomic E-state index is 7.24. The predicted octanol–water partition coefficient (Wildman–Crippen LogP) is 10.3. The average molecular weight is 641 g/mol. The van der Waals surface area contributed by atoms with Gasteiger partial charge in [-0.1, -0.05) is 156 Å². The van der Waals surface area contributed by atoms with Gasteiger partial charge in [-0.2, -0.15) is 0 Å². The smallest absolute Gasteiger partial charge is 0.137 e. The molecule has 0 amide bonds. The number of benzene rings is 2. The second kappa shape index (κ2) is 11.4. The third kappa shape index (κ3) is 5.78. The summed E-state index contributed by atoms with van der Waals surface area (Å²) in [6.45, 7) is 33.0. The molecule has 3 heteroatoms. The molecule has 3 aliphatic carbocycles. The third-order valence-corrected chi connectivity index (χ3v) is 17.0. The van der Waals surface area contributed by atoms with Gasteiger partial charge < -0.3 is 4.74 Å². The van der Waals surface area contributed by atoms with Crippen molar-refractivity contribution in [3.63, 3.8) is 0 Å². The minimum Gasteiger partial charge on any atom is -0.488 e. The molecule has 0 radical (unpaired) electrons. The van der Waals surface area contributed by atoms with Crippen molar-refractivity contribution < 1.29 is 4.74 Å². The highest BCUT2D eigenvalue weighted by molar-refractivity contribution is 6.95. The van der Waals surface area contributed by atoms with Gasteiger partial charge in [0.05, 0.1) is 5.02 Å². The minimum absolute atomic E-state index is 0.0296. The van der Waals surface area contributed by atoms with Crippen molar-refractivity contribution in [2.45, 2.75) is 124 Å². The van der Waals surface area contributed by atoms with Crippen LogP contribution in [0.15, 0.2) is 65.8 Å². The molecular weight excluding hydrogens is 584 g/mol. The summed E-state index contributed by atoms with van der Waals surface area (Å²) in [7, 11) is -2.39. The molecule has 0 aliphatic heterocycles. The van der Waals surface area contributed by atoms with E-state index >= 15 is 0 Å². The maximum absolute atomic E-state index is 7.24. The van der Waals surface area contributed by atoms with Gasteiger partial charge in [-0.25, -0.2) is 0 Å². The number of allylic oxidation sites excluding steroid dienone is 4. The lowest BCUT2D eigenvalue weighted by Gasteiger charge is -2.43. The molecule has 5 rings (SSSR count). The van der Waals surface area contributed by atoms with Gasteiger partial charge in [-0.05, 0) is 84.2 Å². The molecule has 2 aromatic carbocycles. The van der Waals surface area contributed by atoms with Gasteiger partial charge in [0.1, 0.15) is 20.4 Å². The van der Waals surface area contributed by atoms with Crippen molar-refractivity contribution in [1.29, 1.82) is 0 Å². The first-order valence-electron chi connectivity index (χ1n) is 17.2. The number of hydrogen-bond donors (Lipinski definition) is 0. The van der Waals surface area contributed by atoms with Gasteiger partial charge in [0, 0.05) is 11.0 Å². The van der Waals surface area contributed by atoms with E-state index in [4.69, 9.17) is 16.3 Å². The standard InChI is InChI=1S/C42H57ClOSi/c1-14-21-44-37-33(43)23-29(40(7,8)9)24-34(37)45(15-2,16-3)38-32-26-41(10,11)20-19-31(32)36-35(38)30-18-17-28(39(4,5)6)22-27(30)25-42(36,12)13/h14,17-18,22-26,38H,1,15-16,19-21H2,2-13H3. The zero-order valence-electron chi connectivity index (χ0n) is 30.2. The second-order valence-corrected chi connectivity index (χ2v) is 22.5. The SMILES string of the molecule is C=CCOc1c(Cl)cc(C(C)(C)C)cc1[Si](CC)(CC)C1C2=CC(C)(C)CCC2=C2C1=c1ccc(C(C)(C)C)cc1=CC2(C)C. The van der Waals surface area contributed by atoms with E-state index in [2.05, 4.69) is 132 Å². The first-order valence-corrected chi connectivity index (χ1v) is 20.1. The molecule has 1 unspecified atom stereocenters. The average Bonchev–Trinajstić information content (AvgIpc) is 3.27. The molecule has 0 saturated heterocycles. The summed E-state index contributed by atoms with van der Waals surface area (Å²) in [4.78, 5) is 0. The van der Waals surface area contributed by atoms with Gasteiger partial charge in [0.25, 0.3) is 0 Å². The molecule has 0 spiro atoms. The Morgan fingerprint density at radius 3 is 2.16 bits per heavy atom. The number of rotatable bonds is 7. The fourth-order valence-electron chi connectivity index (χ4n) is 8.50. The number of fused-ring (bicyclic) bond motifs is 3. The van der Waals surface area contributed by atoms with E-state index < -0.39 is 8.07 Å². The van der Waals surface area contributed by atoms with Gasteiger partial charge >= 0.3 is 0 Å². The lowest BCUT2D eigenvalue weighted by molar-refractivity contribution is 0.365. The topological polar surface area (TPSA) is 9.23 Å². The van der Waals surface area contributed by atoms with E-state index in [1.165, 1.54) is 33.2 Å². The highest BCUT2D eigenvalue weighted by Gasteiger charge is 2.54. The highest BCUT2D eigenvalue weighted by Crippen LogP contribution is 2.62. The molecule has 0 fully saturated rings. The van der Waals surface area contributed by atoms with Crippen molar-refractivity contribution in [3.05, 3.63) is 92.4 Å². The highest BCUT2D eigenvalue weighted by atomic mass is 35.5. The van der Waals surface area contributed by atoms with Crippen LogP contribution in [-0.2, 0) is 10.8 Å². The molecule has 0 heterocycles. The van der Waals surface area contributed by atoms with E-state index in [1.54, 1.807) is 22.3 Å². The Morgan fingerprint density at radius 2 is 1.58 bits per heavy atom. The molecule has 3 aliphatic rings. The van der Waals surface area contributed by atoms with E-state index in [0.717, 1.165) is 29.3 Å². The van der Waals surface area contributed by atoms with E-state index in [9.17, 15) is 0 Å². The Kier molecular flexibility index (Phi) is 8.66. The summed E-state index contributed by atoms with van der Waals surface area (Å²) in [5.41, 5.74) is 9.60. The Labute approximate surface area is 280 Å². The summed E-state index contributed by atoms with van der Waals surface area (Å²) in [6, 6.07) is 14.2. The maximum Gasteiger partial charge on any atom is 0.137 e. The monoisotopic (exact) mass is 640 g/mol. The van der Waals surface area contributed by atoms with Crippen LogP contribution in [0.4, 0.5) is 0 Å². The van der Waals surface area contributed by atoms with Gasteiger partial charge in [0.15, 0.2) is 0 Å². The molecule has 0 saturated carbocycles. The summed E-state index contributed by atoms with van der Waals surface area (Å²) in [6.07, 6.45) is 9.42. The molecule has 0 N–H and O–H groups in total. The van der Waals surface area contributed by atoms with Crippen LogP contribution in [0.25, 0.3) is 11.6 Å². The summed E-state index contributed by atoms with van der Waals surface area (Å²) < 4.78 is 6.57. The minimum atomic E-state index is -2.39. The Balaban J connectivity index is 1.96. The molecule has 45 heavy (non-hydrogen) atoms. The lowest BCUT2D eigenvalue weighted by Crippen LogP contribution is -2.54. The van der Waals surface area contributed by atoms with Gasteiger partial charge in [0.2, 0.25) is 0 Å². The van der Waals surface area contributed by atoms with Crippen LogP contribution < -0.4 is 20.4 Å². The summed E-state index contributed by atoms with van der Waals surface area (Å²) in [5.74, 6) is 0.885. The fraction of sp³-hybridized carbons (Fsp3) is 0.524. The van der Waals surface area contributed by atoms with Crippen LogP contribution in [-0.4, -0.2) is 14.7 Å². The van der Waals surface area contributed by atoms with Gasteiger partial charge in [-0.3, -0.25) is 0 Å². The van der Waals surface area contributed by atoms with Crippen LogP contribution in [0.2, 0.25) is 22.7 Å². The van der Waals surface area contributed by atoms with Crippen molar-refractivity contribution in [2.24, 2.45) is 10.8 Å². The molecule has 0 bridgehead atoms. The molecule has 1 nitrogen and oxygen atoms in total. The molecule has 2 aromatic rings. The predicted molar refractivity (Wildman–Crippen MR) is 200 cm³/mol. The number of hydrogen-bond acceptors (Lipinski definition) is 1. The third-order valence-electron chi connectivity index (χ3n) is 11.1. The normalized spacial score (nSPS) is 20.6. The quantitative estimate of drug-likeness (QED) is 0.216. The second-order valence-electron chi connectivity index (χ2n) is 17.3. The Bertz CT molecular complexity index is 1710. The van der Waals surface area contributed by atoms with Crippen LogP contribution in [0.1, 0.15) is 107 Å². The van der Waals surface area contributed by atoms with E-state index in [1.807, 2.05) is 6.08 Å². The van der Waals surface area contributed by atoms with Crippen molar-refractivity contribution in [2.75, 3.05) is 6.61 Å². The zero-order chi connectivity index (χ0) is 33.3. The van der Waals surface area contributed by atoms with Crippen LogP contribution in [0.3, 0.4) is 0 Å². The van der Waals surface area contributed by atoms with E-state index in [0.29, 0.717) is 12.1 Å².